The van der Waals surface area contributed by atoms with E-state index in [0.29, 0.717) is 12.5 Å². The maximum Gasteiger partial charge on any atom is 0.263 e. The lowest BCUT2D eigenvalue weighted by molar-refractivity contribution is 0.414. The molecule has 6 heteroatoms. The van der Waals surface area contributed by atoms with Crippen LogP contribution in [0.25, 0.3) is 10.2 Å². The molecular formula is C22H24N2O2S2. The molecule has 0 saturated heterocycles. The van der Waals surface area contributed by atoms with Gasteiger partial charge in [-0.1, -0.05) is 36.9 Å². The summed E-state index contributed by atoms with van der Waals surface area (Å²) >= 11 is 3.30. The van der Waals surface area contributed by atoms with Crippen LogP contribution in [0.1, 0.15) is 29.3 Å². The molecule has 28 heavy (non-hydrogen) atoms. The summed E-state index contributed by atoms with van der Waals surface area (Å²) in [6, 6.07) is 8.01. The number of rotatable bonds is 6. The number of aromatic nitrogens is 2. The van der Waals surface area contributed by atoms with Crippen molar-refractivity contribution in [2.45, 2.75) is 43.6 Å². The van der Waals surface area contributed by atoms with E-state index in [1.54, 1.807) is 40.9 Å². The first kappa shape index (κ1) is 19.3. The lowest BCUT2D eigenvalue weighted by Crippen LogP contribution is -2.23. The fourth-order valence-corrected chi connectivity index (χ4v) is 6.06. The second-order valence-electron chi connectivity index (χ2n) is 7.27. The van der Waals surface area contributed by atoms with Gasteiger partial charge in [-0.05, 0) is 48.4 Å². The highest BCUT2D eigenvalue weighted by atomic mass is 32.2. The van der Waals surface area contributed by atoms with Crippen molar-refractivity contribution in [3.05, 3.63) is 63.3 Å². The van der Waals surface area contributed by atoms with E-state index in [1.807, 2.05) is 24.3 Å². The van der Waals surface area contributed by atoms with Crippen molar-refractivity contribution < 1.29 is 4.74 Å². The summed E-state index contributed by atoms with van der Waals surface area (Å²) in [4.78, 5) is 20.4. The molecule has 1 unspecified atom stereocenters. The molecule has 0 bridgehead atoms. The maximum atomic E-state index is 13.3. The average molecular weight is 413 g/mol. The van der Waals surface area contributed by atoms with Crippen molar-refractivity contribution in [1.82, 2.24) is 9.55 Å². The van der Waals surface area contributed by atoms with Crippen molar-refractivity contribution in [1.29, 1.82) is 0 Å². The summed E-state index contributed by atoms with van der Waals surface area (Å²) in [5.74, 6) is 2.27. The van der Waals surface area contributed by atoms with Crippen LogP contribution in [0.3, 0.4) is 0 Å². The van der Waals surface area contributed by atoms with Crippen LogP contribution in [0.4, 0.5) is 0 Å². The summed E-state index contributed by atoms with van der Waals surface area (Å²) in [5.41, 5.74) is 2.49. The average Bonchev–Trinajstić information content (AvgIpc) is 3.06. The van der Waals surface area contributed by atoms with Gasteiger partial charge in [-0.2, -0.15) is 0 Å². The van der Waals surface area contributed by atoms with Crippen LogP contribution < -0.4 is 10.3 Å². The molecule has 0 aliphatic heterocycles. The number of ether oxygens (including phenoxy) is 1. The van der Waals surface area contributed by atoms with Crippen molar-refractivity contribution in [3.8, 4) is 5.75 Å². The first-order chi connectivity index (χ1) is 13.6. The molecule has 0 radical (unpaired) electrons. The molecule has 3 aromatic rings. The van der Waals surface area contributed by atoms with Crippen LogP contribution in [-0.4, -0.2) is 16.7 Å². The number of thiophene rings is 1. The number of allylic oxidation sites excluding steroid dienone is 1. The normalized spacial score (nSPS) is 16.1. The molecule has 1 aliphatic rings. The van der Waals surface area contributed by atoms with Gasteiger partial charge in [0.25, 0.3) is 5.56 Å². The molecule has 146 valence electrons. The molecule has 1 aromatic carbocycles. The molecule has 2 aromatic heterocycles. The molecule has 2 heterocycles. The lowest BCUT2D eigenvalue weighted by atomic mass is 9.89. The Kier molecular flexibility index (Phi) is 5.60. The topological polar surface area (TPSA) is 44.1 Å². The van der Waals surface area contributed by atoms with Gasteiger partial charge in [-0.15, -0.1) is 17.9 Å². The number of hydrogen-bond donors (Lipinski definition) is 0. The Labute approximate surface area is 173 Å². The van der Waals surface area contributed by atoms with Gasteiger partial charge in [0.05, 0.1) is 12.5 Å². The molecule has 0 saturated carbocycles. The zero-order valence-electron chi connectivity index (χ0n) is 16.2. The fraction of sp³-hybridized carbons (Fsp3) is 0.364. The molecule has 0 spiro atoms. The monoisotopic (exact) mass is 412 g/mol. The van der Waals surface area contributed by atoms with E-state index >= 15 is 0 Å². The molecule has 0 amide bonds. The zero-order valence-corrected chi connectivity index (χ0v) is 17.9. The number of thioether (sulfide) groups is 1. The SMILES string of the molecule is C=CCn1c(SCc2ccc(OC)cc2)nc2sc3c(c2c1=O)CCC(C)C3. The highest BCUT2D eigenvalue weighted by molar-refractivity contribution is 7.98. The van der Waals surface area contributed by atoms with Gasteiger partial charge < -0.3 is 4.74 Å². The number of methoxy groups -OCH3 is 1. The number of fused-ring (bicyclic) bond motifs is 3. The van der Waals surface area contributed by atoms with E-state index in [-0.39, 0.29) is 5.56 Å². The van der Waals surface area contributed by atoms with Crippen molar-refractivity contribution >= 4 is 33.3 Å². The van der Waals surface area contributed by atoms with Gasteiger partial charge in [0.2, 0.25) is 0 Å². The van der Waals surface area contributed by atoms with Crippen LogP contribution in [0.5, 0.6) is 5.75 Å². The fourth-order valence-electron chi connectivity index (χ4n) is 3.67. The predicted octanol–water partition coefficient (Wildman–Crippen LogP) is 5.07. The smallest absolute Gasteiger partial charge is 0.263 e. The summed E-state index contributed by atoms with van der Waals surface area (Å²) in [5, 5.41) is 1.60. The minimum absolute atomic E-state index is 0.0779. The number of nitrogens with zero attached hydrogens (tertiary/aromatic N) is 2. The van der Waals surface area contributed by atoms with Crippen LogP contribution in [0, 0.1) is 5.92 Å². The van der Waals surface area contributed by atoms with Gasteiger partial charge >= 0.3 is 0 Å². The van der Waals surface area contributed by atoms with E-state index in [9.17, 15) is 4.79 Å². The van der Waals surface area contributed by atoms with E-state index in [1.165, 1.54) is 16.0 Å². The van der Waals surface area contributed by atoms with Gasteiger partial charge in [0.15, 0.2) is 5.16 Å². The highest BCUT2D eigenvalue weighted by Crippen LogP contribution is 2.36. The first-order valence-electron chi connectivity index (χ1n) is 9.52. The summed E-state index contributed by atoms with van der Waals surface area (Å²) in [6.07, 6.45) is 4.96. The molecule has 0 N–H and O–H groups in total. The second-order valence-corrected chi connectivity index (χ2v) is 9.29. The Balaban J connectivity index is 1.71. The molecule has 4 nitrogen and oxygen atoms in total. The number of hydrogen-bond acceptors (Lipinski definition) is 5. The first-order valence-corrected chi connectivity index (χ1v) is 11.3. The van der Waals surface area contributed by atoms with Crippen LogP contribution in [0.15, 0.2) is 46.9 Å². The Morgan fingerprint density at radius 1 is 1.39 bits per heavy atom. The summed E-state index contributed by atoms with van der Waals surface area (Å²) in [7, 11) is 1.66. The van der Waals surface area contributed by atoms with Crippen molar-refractivity contribution in [3.63, 3.8) is 0 Å². The van der Waals surface area contributed by atoms with E-state index < -0.39 is 0 Å². The summed E-state index contributed by atoms with van der Waals surface area (Å²) in [6.45, 7) is 6.60. The molecular weight excluding hydrogens is 388 g/mol. The summed E-state index contributed by atoms with van der Waals surface area (Å²) < 4.78 is 6.99. The molecule has 1 atom stereocenters. The predicted molar refractivity (Wildman–Crippen MR) is 118 cm³/mol. The van der Waals surface area contributed by atoms with Crippen LogP contribution in [0.2, 0.25) is 0 Å². The van der Waals surface area contributed by atoms with Gasteiger partial charge in [0.1, 0.15) is 10.6 Å². The highest BCUT2D eigenvalue weighted by Gasteiger charge is 2.24. The van der Waals surface area contributed by atoms with E-state index in [0.717, 1.165) is 46.1 Å². The molecule has 0 fully saturated rings. The zero-order chi connectivity index (χ0) is 19.7. The number of aryl methyl sites for hydroxylation is 1. The lowest BCUT2D eigenvalue weighted by Gasteiger charge is -2.17. The third-order valence-corrected chi connectivity index (χ3v) is 7.41. The Hall–Kier alpha value is -2.05. The van der Waals surface area contributed by atoms with Crippen LogP contribution in [-0.2, 0) is 25.1 Å². The van der Waals surface area contributed by atoms with E-state index in [4.69, 9.17) is 9.72 Å². The standard InChI is InChI=1S/C22H24N2O2S2/c1-4-11-24-21(25)19-17-10-5-14(2)12-18(17)28-20(19)23-22(24)27-13-15-6-8-16(26-3)9-7-15/h4,6-9,14H,1,5,10-13H2,2-3H3. The minimum atomic E-state index is 0.0779. The quantitative estimate of drug-likeness (QED) is 0.322. The van der Waals surface area contributed by atoms with Gasteiger partial charge in [-0.25, -0.2) is 4.98 Å². The third kappa shape index (κ3) is 3.63. The minimum Gasteiger partial charge on any atom is -0.497 e. The third-order valence-electron chi connectivity index (χ3n) is 5.22. The Morgan fingerprint density at radius 2 is 2.18 bits per heavy atom. The van der Waals surface area contributed by atoms with E-state index in [2.05, 4.69) is 13.5 Å². The maximum absolute atomic E-state index is 13.3. The Bertz CT molecular complexity index is 1070. The second kappa shape index (κ2) is 8.13. The van der Waals surface area contributed by atoms with Crippen molar-refractivity contribution in [2.75, 3.05) is 7.11 Å². The van der Waals surface area contributed by atoms with Crippen LogP contribution >= 0.6 is 23.1 Å². The Morgan fingerprint density at radius 3 is 2.89 bits per heavy atom. The van der Waals surface area contributed by atoms with Gasteiger partial charge in [0, 0.05) is 17.2 Å². The molecule has 1 aliphatic carbocycles. The molecule has 4 rings (SSSR count). The number of benzene rings is 1. The van der Waals surface area contributed by atoms with Crippen molar-refractivity contribution in [2.24, 2.45) is 5.92 Å². The van der Waals surface area contributed by atoms with Gasteiger partial charge in [-0.3, -0.25) is 9.36 Å². The largest absolute Gasteiger partial charge is 0.497 e.